The van der Waals surface area contributed by atoms with Crippen LogP contribution in [0.3, 0.4) is 0 Å². The van der Waals surface area contributed by atoms with Gasteiger partial charge in [-0.2, -0.15) is 0 Å². The molecule has 0 aliphatic heterocycles. The van der Waals surface area contributed by atoms with Gasteiger partial charge in [-0.05, 0) is 58.7 Å². The Kier molecular flexibility index (Phi) is 3.62. The summed E-state index contributed by atoms with van der Waals surface area (Å²) in [5, 5.41) is 9.30. The van der Waals surface area contributed by atoms with E-state index >= 15 is 0 Å². The number of carboxylic acids is 1. The normalized spacial score (nSPS) is 10.4. The van der Waals surface area contributed by atoms with Crippen molar-refractivity contribution in [2.75, 3.05) is 0 Å². The van der Waals surface area contributed by atoms with Crippen molar-refractivity contribution in [3.05, 3.63) is 72.6 Å². The summed E-state index contributed by atoms with van der Waals surface area (Å²) in [4.78, 5) is 19.2. The molecular weight excluding hydrogens is 283 g/mol. The number of aromatic carboxylic acids is 1. The first kappa shape index (κ1) is 13.9. The summed E-state index contributed by atoms with van der Waals surface area (Å²) in [6, 6.07) is 9.67. The van der Waals surface area contributed by atoms with Gasteiger partial charge < -0.3 is 5.11 Å². The molecule has 3 aromatic rings. The highest BCUT2D eigenvalue weighted by Gasteiger charge is 2.19. The number of nitrogens with zero attached hydrogens (tertiary/aromatic N) is 2. The van der Waals surface area contributed by atoms with Crippen LogP contribution in [-0.4, -0.2) is 21.0 Å². The van der Waals surface area contributed by atoms with Gasteiger partial charge in [-0.1, -0.05) is 0 Å². The minimum absolute atomic E-state index is 0.321. The van der Waals surface area contributed by atoms with Gasteiger partial charge in [0.25, 0.3) is 0 Å². The quantitative estimate of drug-likeness (QED) is 0.801. The zero-order valence-electron chi connectivity index (χ0n) is 11.4. The first-order valence-corrected chi connectivity index (χ1v) is 6.54. The standard InChI is InChI=1S/C17H11FN2O2/c18-15-10-13(11-1-5-19-6-2-11)9-14(16(15)17(21)22)12-3-7-20-8-4-12/h1-10H,(H,21,22). The molecule has 0 aliphatic carbocycles. The number of rotatable bonds is 3. The van der Waals surface area contributed by atoms with Crippen molar-refractivity contribution in [1.29, 1.82) is 0 Å². The molecule has 4 nitrogen and oxygen atoms in total. The fraction of sp³-hybridized carbons (Fsp3) is 0. The maximum absolute atomic E-state index is 14.3. The Hall–Kier alpha value is -3.08. The lowest BCUT2D eigenvalue weighted by atomic mass is 9.95. The van der Waals surface area contributed by atoms with E-state index in [1.165, 1.54) is 18.5 Å². The van der Waals surface area contributed by atoms with E-state index < -0.39 is 11.8 Å². The summed E-state index contributed by atoms with van der Waals surface area (Å²) < 4.78 is 14.3. The van der Waals surface area contributed by atoms with Gasteiger partial charge in [-0.3, -0.25) is 9.97 Å². The minimum atomic E-state index is -1.30. The molecule has 0 saturated heterocycles. The molecule has 0 spiro atoms. The summed E-state index contributed by atoms with van der Waals surface area (Å²) in [5.74, 6) is -2.07. The maximum Gasteiger partial charge on any atom is 0.339 e. The topological polar surface area (TPSA) is 63.1 Å². The fourth-order valence-electron chi connectivity index (χ4n) is 2.29. The van der Waals surface area contributed by atoms with E-state index in [0.717, 1.165) is 5.56 Å². The van der Waals surface area contributed by atoms with Crippen molar-refractivity contribution in [3.63, 3.8) is 0 Å². The SMILES string of the molecule is O=C(O)c1c(F)cc(-c2ccncc2)cc1-c1ccncc1. The number of pyridine rings is 2. The van der Waals surface area contributed by atoms with Crippen LogP contribution in [0.2, 0.25) is 0 Å². The van der Waals surface area contributed by atoms with Gasteiger partial charge in [0.05, 0.1) is 0 Å². The van der Waals surface area contributed by atoms with Crippen LogP contribution in [0.5, 0.6) is 0 Å². The second-order valence-electron chi connectivity index (χ2n) is 4.66. The maximum atomic E-state index is 14.3. The molecule has 1 aromatic carbocycles. The molecule has 2 aromatic heterocycles. The molecule has 0 radical (unpaired) electrons. The summed E-state index contributed by atoms with van der Waals surface area (Å²) >= 11 is 0. The lowest BCUT2D eigenvalue weighted by molar-refractivity contribution is 0.0693. The first-order chi connectivity index (χ1) is 10.7. The van der Waals surface area contributed by atoms with E-state index in [0.29, 0.717) is 16.7 Å². The number of halogens is 1. The van der Waals surface area contributed by atoms with E-state index in [2.05, 4.69) is 9.97 Å². The third kappa shape index (κ3) is 2.56. The van der Waals surface area contributed by atoms with Gasteiger partial charge in [0.1, 0.15) is 11.4 Å². The molecule has 3 rings (SSSR count). The van der Waals surface area contributed by atoms with Crippen molar-refractivity contribution in [3.8, 4) is 22.3 Å². The van der Waals surface area contributed by atoms with Gasteiger partial charge in [0.2, 0.25) is 0 Å². The average Bonchev–Trinajstić information content (AvgIpc) is 2.55. The highest BCUT2D eigenvalue weighted by Crippen LogP contribution is 2.31. The van der Waals surface area contributed by atoms with Crippen molar-refractivity contribution in [2.24, 2.45) is 0 Å². The van der Waals surface area contributed by atoms with E-state index in [1.54, 1.807) is 42.7 Å². The van der Waals surface area contributed by atoms with Crippen molar-refractivity contribution in [1.82, 2.24) is 9.97 Å². The smallest absolute Gasteiger partial charge is 0.339 e. The number of hydrogen-bond acceptors (Lipinski definition) is 3. The van der Waals surface area contributed by atoms with Crippen LogP contribution >= 0.6 is 0 Å². The highest BCUT2D eigenvalue weighted by atomic mass is 19.1. The van der Waals surface area contributed by atoms with E-state index in [-0.39, 0.29) is 5.56 Å². The monoisotopic (exact) mass is 294 g/mol. The number of carboxylic acid groups (broad SMARTS) is 1. The molecule has 0 atom stereocenters. The lowest BCUT2D eigenvalue weighted by Crippen LogP contribution is -2.04. The van der Waals surface area contributed by atoms with E-state index in [1.807, 2.05) is 0 Å². The van der Waals surface area contributed by atoms with E-state index in [9.17, 15) is 14.3 Å². The van der Waals surface area contributed by atoms with Crippen molar-refractivity contribution in [2.45, 2.75) is 0 Å². The van der Waals surface area contributed by atoms with Crippen LogP contribution in [-0.2, 0) is 0 Å². The average molecular weight is 294 g/mol. The van der Waals surface area contributed by atoms with Crippen LogP contribution in [0.15, 0.2) is 61.2 Å². The van der Waals surface area contributed by atoms with Crippen LogP contribution in [0, 0.1) is 5.82 Å². The Morgan fingerprint density at radius 1 is 0.864 bits per heavy atom. The molecule has 5 heteroatoms. The Labute approximate surface area is 125 Å². The number of carbonyl (C=O) groups is 1. The number of aromatic nitrogens is 2. The highest BCUT2D eigenvalue weighted by molar-refractivity contribution is 5.97. The first-order valence-electron chi connectivity index (χ1n) is 6.54. The Balaban J connectivity index is 2.26. The summed E-state index contributed by atoms with van der Waals surface area (Å²) in [7, 11) is 0. The Bertz CT molecular complexity index is 821. The third-order valence-corrected chi connectivity index (χ3v) is 3.31. The van der Waals surface area contributed by atoms with E-state index in [4.69, 9.17) is 0 Å². The molecule has 0 unspecified atom stereocenters. The predicted molar refractivity (Wildman–Crippen MR) is 79.8 cm³/mol. The van der Waals surface area contributed by atoms with Gasteiger partial charge in [-0.25, -0.2) is 9.18 Å². The minimum Gasteiger partial charge on any atom is -0.478 e. The molecule has 0 amide bonds. The largest absolute Gasteiger partial charge is 0.478 e. The van der Waals surface area contributed by atoms with Crippen LogP contribution in [0.4, 0.5) is 4.39 Å². The molecule has 22 heavy (non-hydrogen) atoms. The second-order valence-corrected chi connectivity index (χ2v) is 4.66. The fourth-order valence-corrected chi connectivity index (χ4v) is 2.29. The molecule has 108 valence electrons. The summed E-state index contributed by atoms with van der Waals surface area (Å²) in [6.45, 7) is 0. The third-order valence-electron chi connectivity index (χ3n) is 3.31. The lowest BCUT2D eigenvalue weighted by Gasteiger charge is -2.11. The van der Waals surface area contributed by atoms with Crippen LogP contribution in [0.1, 0.15) is 10.4 Å². The van der Waals surface area contributed by atoms with Crippen molar-refractivity contribution >= 4 is 5.97 Å². The summed E-state index contributed by atoms with van der Waals surface area (Å²) in [5.41, 5.74) is 1.94. The predicted octanol–water partition coefficient (Wildman–Crippen LogP) is 3.65. The molecule has 0 aliphatic rings. The molecule has 0 saturated carbocycles. The molecule has 2 heterocycles. The van der Waals surface area contributed by atoms with Gasteiger partial charge in [-0.15, -0.1) is 0 Å². The van der Waals surface area contributed by atoms with Gasteiger partial charge >= 0.3 is 5.97 Å². The second kappa shape index (κ2) is 5.73. The zero-order chi connectivity index (χ0) is 15.5. The van der Waals surface area contributed by atoms with Crippen LogP contribution < -0.4 is 0 Å². The van der Waals surface area contributed by atoms with Crippen LogP contribution in [0.25, 0.3) is 22.3 Å². The Morgan fingerprint density at radius 3 is 1.95 bits per heavy atom. The number of benzene rings is 1. The van der Waals surface area contributed by atoms with Gasteiger partial charge in [0, 0.05) is 24.8 Å². The van der Waals surface area contributed by atoms with Gasteiger partial charge in [0.15, 0.2) is 0 Å². The zero-order valence-corrected chi connectivity index (χ0v) is 11.4. The molecule has 1 N–H and O–H groups in total. The molecule has 0 bridgehead atoms. The summed E-state index contributed by atoms with van der Waals surface area (Å²) in [6.07, 6.45) is 6.28. The van der Waals surface area contributed by atoms with Crippen molar-refractivity contribution < 1.29 is 14.3 Å². The number of hydrogen-bond donors (Lipinski definition) is 1. The molecular formula is C17H11FN2O2. The Morgan fingerprint density at radius 2 is 1.41 bits per heavy atom. The molecule has 0 fully saturated rings.